The van der Waals surface area contributed by atoms with Crippen molar-refractivity contribution in [3.63, 3.8) is 0 Å². The van der Waals surface area contributed by atoms with Crippen LogP contribution in [0.5, 0.6) is 5.75 Å². The third kappa shape index (κ3) is 4.62. The van der Waals surface area contributed by atoms with Crippen LogP contribution in [0.15, 0.2) is 42.5 Å². The monoisotopic (exact) mass is 403 g/mol. The molecule has 1 aliphatic heterocycles. The Morgan fingerprint density at radius 2 is 1.93 bits per heavy atom. The standard InChI is InChI=1S/C23H30ClNO3/c1-5-6-13-26-21-18-14-17(25-4)11-12-20(18)28-23(2,3)22(21)27-15-16-9-7-8-10-19(16)24/h7-12,14,21-22,25H,5-6,13,15H2,1-4H3. The molecule has 0 saturated heterocycles. The average molecular weight is 404 g/mol. The molecule has 1 heterocycles. The van der Waals surface area contributed by atoms with Gasteiger partial charge in [-0.3, -0.25) is 0 Å². The second-order valence-electron chi connectivity index (χ2n) is 7.68. The number of rotatable bonds is 8. The molecule has 0 aromatic heterocycles. The van der Waals surface area contributed by atoms with Crippen LogP contribution in [0, 0.1) is 0 Å². The van der Waals surface area contributed by atoms with Gasteiger partial charge in [-0.15, -0.1) is 0 Å². The largest absolute Gasteiger partial charge is 0.485 e. The van der Waals surface area contributed by atoms with Crippen LogP contribution < -0.4 is 10.1 Å². The zero-order valence-electron chi connectivity index (χ0n) is 17.1. The van der Waals surface area contributed by atoms with Gasteiger partial charge in [0.15, 0.2) is 0 Å². The number of hydrogen-bond donors (Lipinski definition) is 1. The van der Waals surface area contributed by atoms with Gasteiger partial charge in [0, 0.05) is 29.9 Å². The van der Waals surface area contributed by atoms with E-state index in [1.54, 1.807) is 0 Å². The van der Waals surface area contributed by atoms with Crippen molar-refractivity contribution in [3.8, 4) is 5.75 Å². The van der Waals surface area contributed by atoms with E-state index >= 15 is 0 Å². The minimum Gasteiger partial charge on any atom is -0.485 e. The summed E-state index contributed by atoms with van der Waals surface area (Å²) in [5.74, 6) is 0.850. The Morgan fingerprint density at radius 3 is 2.64 bits per heavy atom. The van der Waals surface area contributed by atoms with E-state index in [9.17, 15) is 0 Å². The fourth-order valence-corrected chi connectivity index (χ4v) is 3.69. The molecule has 2 unspecified atom stereocenters. The van der Waals surface area contributed by atoms with Gasteiger partial charge in [-0.2, -0.15) is 0 Å². The third-order valence-electron chi connectivity index (χ3n) is 5.11. The van der Waals surface area contributed by atoms with E-state index in [0.717, 1.165) is 35.4 Å². The van der Waals surface area contributed by atoms with Crippen molar-refractivity contribution in [2.75, 3.05) is 19.0 Å². The quantitative estimate of drug-likeness (QED) is 0.549. The molecule has 3 rings (SSSR count). The summed E-state index contributed by atoms with van der Waals surface area (Å²) >= 11 is 6.32. The zero-order valence-corrected chi connectivity index (χ0v) is 17.9. The molecule has 2 atom stereocenters. The van der Waals surface area contributed by atoms with Crippen molar-refractivity contribution in [1.29, 1.82) is 0 Å². The predicted octanol–water partition coefficient (Wildman–Crippen LogP) is 6.00. The van der Waals surface area contributed by atoms with Gasteiger partial charge in [0.05, 0.1) is 6.61 Å². The Hall–Kier alpha value is -1.75. The highest BCUT2D eigenvalue weighted by Crippen LogP contribution is 2.44. The fourth-order valence-electron chi connectivity index (χ4n) is 3.50. The minimum atomic E-state index is -0.535. The smallest absolute Gasteiger partial charge is 0.132 e. The summed E-state index contributed by atoms with van der Waals surface area (Å²) in [7, 11) is 1.91. The molecule has 1 N–H and O–H groups in total. The molecule has 0 fully saturated rings. The molecular formula is C23H30ClNO3. The Balaban J connectivity index is 1.90. The van der Waals surface area contributed by atoms with E-state index in [-0.39, 0.29) is 12.2 Å². The van der Waals surface area contributed by atoms with Crippen LogP contribution in [0.1, 0.15) is 50.8 Å². The highest BCUT2D eigenvalue weighted by Gasteiger charge is 2.45. The highest BCUT2D eigenvalue weighted by molar-refractivity contribution is 6.31. The lowest BCUT2D eigenvalue weighted by Crippen LogP contribution is -2.51. The van der Waals surface area contributed by atoms with Gasteiger partial charge in [0.25, 0.3) is 0 Å². The lowest BCUT2D eigenvalue weighted by molar-refractivity contribution is -0.167. The van der Waals surface area contributed by atoms with Gasteiger partial charge >= 0.3 is 0 Å². The summed E-state index contributed by atoms with van der Waals surface area (Å²) in [6.07, 6.45) is 1.62. The number of unbranched alkanes of at least 4 members (excludes halogenated alkanes) is 1. The summed E-state index contributed by atoms with van der Waals surface area (Å²) < 4.78 is 19.1. The molecule has 2 aromatic carbocycles. The number of fused-ring (bicyclic) bond motifs is 1. The van der Waals surface area contributed by atoms with Crippen LogP contribution >= 0.6 is 11.6 Å². The van der Waals surface area contributed by atoms with E-state index in [2.05, 4.69) is 32.2 Å². The van der Waals surface area contributed by atoms with Crippen molar-refractivity contribution in [2.24, 2.45) is 0 Å². The summed E-state index contributed by atoms with van der Waals surface area (Å²) in [6, 6.07) is 13.9. The van der Waals surface area contributed by atoms with E-state index < -0.39 is 5.60 Å². The van der Waals surface area contributed by atoms with Crippen molar-refractivity contribution in [3.05, 3.63) is 58.6 Å². The molecule has 5 heteroatoms. The van der Waals surface area contributed by atoms with Gasteiger partial charge in [0.1, 0.15) is 23.6 Å². The van der Waals surface area contributed by atoms with E-state index in [0.29, 0.717) is 18.2 Å². The number of halogens is 1. The van der Waals surface area contributed by atoms with Crippen molar-refractivity contribution in [2.45, 2.75) is 58.0 Å². The van der Waals surface area contributed by atoms with E-state index in [1.807, 2.05) is 43.4 Å². The van der Waals surface area contributed by atoms with Gasteiger partial charge in [0.2, 0.25) is 0 Å². The Kier molecular flexibility index (Phi) is 6.86. The number of hydrogen-bond acceptors (Lipinski definition) is 4. The molecule has 152 valence electrons. The third-order valence-corrected chi connectivity index (χ3v) is 5.48. The minimum absolute atomic E-state index is 0.207. The lowest BCUT2D eigenvalue weighted by Gasteiger charge is -2.44. The first kappa shape index (κ1) is 21.0. The van der Waals surface area contributed by atoms with Crippen LogP contribution in [0.2, 0.25) is 5.02 Å². The first-order chi connectivity index (χ1) is 13.5. The lowest BCUT2D eigenvalue weighted by atomic mass is 9.87. The number of nitrogens with one attached hydrogen (secondary N) is 1. The topological polar surface area (TPSA) is 39.7 Å². The second-order valence-corrected chi connectivity index (χ2v) is 8.08. The predicted molar refractivity (Wildman–Crippen MR) is 114 cm³/mol. The SMILES string of the molecule is CCCCOC1c2cc(NC)ccc2OC(C)(C)C1OCc1ccccc1Cl. The van der Waals surface area contributed by atoms with Crippen molar-refractivity contribution < 1.29 is 14.2 Å². The molecule has 28 heavy (non-hydrogen) atoms. The molecule has 1 aliphatic rings. The second kappa shape index (κ2) is 9.17. The van der Waals surface area contributed by atoms with Gasteiger partial charge in [-0.05, 0) is 50.1 Å². The van der Waals surface area contributed by atoms with Crippen LogP contribution in [0.4, 0.5) is 5.69 Å². The summed E-state index contributed by atoms with van der Waals surface area (Å²) in [4.78, 5) is 0. The summed E-state index contributed by atoms with van der Waals surface area (Å²) in [6.45, 7) is 7.36. The number of benzene rings is 2. The molecule has 2 aromatic rings. The average Bonchev–Trinajstić information content (AvgIpc) is 2.67. The molecule has 0 saturated carbocycles. The Morgan fingerprint density at radius 1 is 1.14 bits per heavy atom. The molecule has 0 aliphatic carbocycles. The van der Waals surface area contributed by atoms with Crippen molar-refractivity contribution in [1.82, 2.24) is 0 Å². The summed E-state index contributed by atoms with van der Waals surface area (Å²) in [5, 5.41) is 3.90. The molecule has 0 radical (unpaired) electrons. The maximum absolute atomic E-state index is 6.38. The molecule has 0 spiro atoms. The molecule has 0 amide bonds. The summed E-state index contributed by atoms with van der Waals surface area (Å²) in [5.41, 5.74) is 2.47. The fraction of sp³-hybridized carbons (Fsp3) is 0.478. The van der Waals surface area contributed by atoms with E-state index in [1.165, 1.54) is 0 Å². The first-order valence-electron chi connectivity index (χ1n) is 9.93. The normalized spacial score (nSPS) is 20.3. The van der Waals surface area contributed by atoms with Crippen LogP contribution in [0.3, 0.4) is 0 Å². The van der Waals surface area contributed by atoms with Crippen LogP contribution in [-0.2, 0) is 16.1 Å². The number of ether oxygens (including phenoxy) is 3. The zero-order chi connectivity index (χ0) is 20.1. The first-order valence-corrected chi connectivity index (χ1v) is 10.3. The Bertz CT molecular complexity index is 793. The van der Waals surface area contributed by atoms with E-state index in [4.69, 9.17) is 25.8 Å². The van der Waals surface area contributed by atoms with Gasteiger partial charge < -0.3 is 19.5 Å². The highest BCUT2D eigenvalue weighted by atomic mass is 35.5. The van der Waals surface area contributed by atoms with Crippen molar-refractivity contribution >= 4 is 17.3 Å². The molecular weight excluding hydrogens is 374 g/mol. The molecule has 0 bridgehead atoms. The Labute approximate surface area is 173 Å². The van der Waals surface area contributed by atoms with Crippen LogP contribution in [-0.4, -0.2) is 25.4 Å². The van der Waals surface area contributed by atoms with Gasteiger partial charge in [-0.1, -0.05) is 43.1 Å². The maximum Gasteiger partial charge on any atom is 0.132 e. The van der Waals surface area contributed by atoms with Crippen LogP contribution in [0.25, 0.3) is 0 Å². The van der Waals surface area contributed by atoms with Gasteiger partial charge in [-0.25, -0.2) is 0 Å². The number of anilines is 1. The maximum atomic E-state index is 6.38. The molecule has 4 nitrogen and oxygen atoms in total.